The summed E-state index contributed by atoms with van der Waals surface area (Å²) in [5.74, 6) is -2.18. The van der Waals surface area contributed by atoms with Crippen LogP contribution in [0.1, 0.15) is 21.5 Å². The van der Waals surface area contributed by atoms with Crippen LogP contribution in [0.3, 0.4) is 0 Å². The molecule has 0 amide bonds. The maximum absolute atomic E-state index is 14.2. The van der Waals surface area contributed by atoms with Gasteiger partial charge < -0.3 is 14.4 Å². The number of imidazole rings is 1. The van der Waals surface area contributed by atoms with Crippen LogP contribution in [0.25, 0.3) is 22.4 Å². The molecule has 0 unspecified atom stereocenters. The van der Waals surface area contributed by atoms with Crippen LogP contribution in [0.5, 0.6) is 5.88 Å². The molecule has 35 heavy (non-hydrogen) atoms. The van der Waals surface area contributed by atoms with Gasteiger partial charge in [0.15, 0.2) is 11.6 Å². The highest BCUT2D eigenvalue weighted by Crippen LogP contribution is 2.32. The Morgan fingerprint density at radius 2 is 1.66 bits per heavy atom. The fraction of sp³-hybridized carbons (Fsp3) is 0.0741. The summed E-state index contributed by atoms with van der Waals surface area (Å²) in [5.41, 5.74) is 3.22. The van der Waals surface area contributed by atoms with Crippen molar-refractivity contribution in [1.82, 2.24) is 14.5 Å². The number of aromatic nitrogens is 3. The molecular weight excluding hydrogens is 452 g/mol. The molecule has 3 aromatic carbocycles. The van der Waals surface area contributed by atoms with Gasteiger partial charge in [-0.1, -0.05) is 42.5 Å². The molecule has 0 aliphatic carbocycles. The lowest BCUT2D eigenvalue weighted by atomic mass is 10.1. The molecule has 0 bridgehead atoms. The van der Waals surface area contributed by atoms with Crippen LogP contribution in [0.2, 0.25) is 0 Å². The largest absolute Gasteiger partial charge is 0.478 e. The number of benzene rings is 3. The Labute approximate surface area is 199 Å². The third-order valence-corrected chi connectivity index (χ3v) is 5.56. The van der Waals surface area contributed by atoms with Gasteiger partial charge >= 0.3 is 5.97 Å². The van der Waals surface area contributed by atoms with Gasteiger partial charge in [0, 0.05) is 24.9 Å². The van der Waals surface area contributed by atoms with Crippen LogP contribution in [-0.4, -0.2) is 25.6 Å². The molecule has 0 saturated heterocycles. The molecule has 5 aromatic rings. The quantitative estimate of drug-likeness (QED) is 0.329. The maximum atomic E-state index is 14.2. The molecule has 6 nitrogen and oxygen atoms in total. The third-order valence-electron chi connectivity index (χ3n) is 5.56. The van der Waals surface area contributed by atoms with Gasteiger partial charge in [0.1, 0.15) is 12.4 Å². The molecule has 8 heteroatoms. The number of fused-ring (bicyclic) bond motifs is 1. The molecule has 1 N–H and O–H groups in total. The minimum absolute atomic E-state index is 0.145. The summed E-state index contributed by atoms with van der Waals surface area (Å²) in [6.45, 7) is 0.523. The predicted molar refractivity (Wildman–Crippen MR) is 126 cm³/mol. The lowest BCUT2D eigenvalue weighted by Gasteiger charge is -2.13. The molecule has 2 heterocycles. The van der Waals surface area contributed by atoms with Crippen molar-refractivity contribution in [2.75, 3.05) is 0 Å². The van der Waals surface area contributed by atoms with Crippen LogP contribution in [-0.2, 0) is 13.2 Å². The molecule has 0 fully saturated rings. The van der Waals surface area contributed by atoms with Gasteiger partial charge in [-0.15, -0.1) is 0 Å². The maximum Gasteiger partial charge on any atom is 0.335 e. The van der Waals surface area contributed by atoms with Gasteiger partial charge in [-0.3, -0.25) is 0 Å². The number of rotatable bonds is 7. The summed E-state index contributed by atoms with van der Waals surface area (Å²) >= 11 is 0. The van der Waals surface area contributed by atoms with Crippen LogP contribution in [0, 0.1) is 11.6 Å². The molecule has 0 saturated carbocycles. The summed E-state index contributed by atoms with van der Waals surface area (Å²) in [4.78, 5) is 20.0. The molecule has 174 valence electrons. The second-order valence-electron chi connectivity index (χ2n) is 7.91. The Hall–Kier alpha value is -4.59. The molecule has 0 aliphatic rings. The van der Waals surface area contributed by atoms with Crippen LogP contribution in [0.15, 0.2) is 85.1 Å². The van der Waals surface area contributed by atoms with Crippen LogP contribution >= 0.6 is 0 Å². The average Bonchev–Trinajstić information content (AvgIpc) is 3.20. The van der Waals surface area contributed by atoms with E-state index in [0.29, 0.717) is 34.8 Å². The number of carboxylic acids is 1. The highest BCUT2D eigenvalue weighted by Gasteiger charge is 2.19. The van der Waals surface area contributed by atoms with Gasteiger partial charge in [-0.25, -0.2) is 23.5 Å². The molecule has 0 spiro atoms. The molecule has 0 aliphatic heterocycles. The number of ether oxygens (including phenoxy) is 1. The van der Waals surface area contributed by atoms with E-state index in [4.69, 9.17) is 9.84 Å². The number of hydrogen-bond acceptors (Lipinski definition) is 4. The smallest absolute Gasteiger partial charge is 0.335 e. The SMILES string of the molecule is O=C(O)c1ccc(COc2ncccc2-c2nc3cc(F)c(F)cc3n2Cc2ccccc2)cc1. The van der Waals surface area contributed by atoms with E-state index in [0.717, 1.165) is 23.3 Å². The van der Waals surface area contributed by atoms with Crippen molar-refractivity contribution in [3.05, 3.63) is 113 Å². The molecule has 2 aromatic heterocycles. The average molecular weight is 471 g/mol. The van der Waals surface area contributed by atoms with Gasteiger partial charge in [-0.2, -0.15) is 0 Å². The van der Waals surface area contributed by atoms with E-state index in [1.54, 1.807) is 35.0 Å². The standard InChI is InChI=1S/C27H19F2N3O3/c28-21-13-23-24(14-22(21)29)32(15-17-5-2-1-3-6-17)25(31-23)20-7-4-12-30-26(20)35-16-18-8-10-19(11-9-18)27(33)34/h1-14H,15-16H2,(H,33,34). The molecule has 0 atom stereocenters. The van der Waals surface area contributed by atoms with E-state index >= 15 is 0 Å². The first-order valence-corrected chi connectivity index (χ1v) is 10.8. The number of nitrogens with zero attached hydrogens (tertiary/aromatic N) is 3. The number of carbonyl (C=O) groups is 1. The summed E-state index contributed by atoms with van der Waals surface area (Å²) in [6, 6.07) is 21.7. The summed E-state index contributed by atoms with van der Waals surface area (Å²) in [5, 5.41) is 9.07. The number of halogens is 2. The first kappa shape index (κ1) is 22.2. The normalized spacial score (nSPS) is 11.0. The molecular formula is C27H19F2N3O3. The Kier molecular flexibility index (Phi) is 5.93. The second kappa shape index (κ2) is 9.34. The monoisotopic (exact) mass is 471 g/mol. The fourth-order valence-corrected chi connectivity index (χ4v) is 3.82. The van der Waals surface area contributed by atoms with E-state index < -0.39 is 17.6 Å². The number of aromatic carboxylic acids is 1. The van der Waals surface area contributed by atoms with Crippen molar-refractivity contribution >= 4 is 17.0 Å². The highest BCUT2D eigenvalue weighted by molar-refractivity contribution is 5.87. The lowest BCUT2D eigenvalue weighted by Crippen LogP contribution is -2.05. The minimum Gasteiger partial charge on any atom is -0.478 e. The highest BCUT2D eigenvalue weighted by atomic mass is 19.2. The van der Waals surface area contributed by atoms with E-state index in [-0.39, 0.29) is 12.2 Å². The van der Waals surface area contributed by atoms with Gasteiger partial charge in [0.25, 0.3) is 0 Å². The number of pyridine rings is 1. The number of carboxylic acid groups (broad SMARTS) is 1. The minimum atomic E-state index is -1.00. The first-order valence-electron chi connectivity index (χ1n) is 10.8. The zero-order valence-electron chi connectivity index (χ0n) is 18.4. The topological polar surface area (TPSA) is 77.2 Å². The van der Waals surface area contributed by atoms with E-state index in [9.17, 15) is 13.6 Å². The van der Waals surface area contributed by atoms with Crippen molar-refractivity contribution < 1.29 is 23.4 Å². The molecule has 0 radical (unpaired) electrons. The van der Waals surface area contributed by atoms with Gasteiger partial charge in [-0.05, 0) is 35.4 Å². The van der Waals surface area contributed by atoms with Crippen molar-refractivity contribution in [1.29, 1.82) is 0 Å². The van der Waals surface area contributed by atoms with E-state index in [1.807, 2.05) is 30.3 Å². The van der Waals surface area contributed by atoms with Crippen molar-refractivity contribution in [3.8, 4) is 17.3 Å². The van der Waals surface area contributed by atoms with Crippen molar-refractivity contribution in [2.24, 2.45) is 0 Å². The van der Waals surface area contributed by atoms with E-state index in [1.165, 1.54) is 12.1 Å². The zero-order chi connectivity index (χ0) is 24.4. The lowest BCUT2D eigenvalue weighted by molar-refractivity contribution is 0.0697. The number of hydrogen-bond donors (Lipinski definition) is 1. The fourth-order valence-electron chi connectivity index (χ4n) is 3.82. The van der Waals surface area contributed by atoms with Crippen LogP contribution < -0.4 is 4.74 Å². The Balaban J connectivity index is 1.55. The summed E-state index contributed by atoms with van der Waals surface area (Å²) < 4.78 is 35.9. The van der Waals surface area contributed by atoms with E-state index in [2.05, 4.69) is 9.97 Å². The zero-order valence-corrected chi connectivity index (χ0v) is 18.4. The predicted octanol–water partition coefficient (Wildman–Crippen LogP) is 5.70. The Morgan fingerprint density at radius 1 is 0.914 bits per heavy atom. The van der Waals surface area contributed by atoms with Gasteiger partial charge in [0.2, 0.25) is 5.88 Å². The Morgan fingerprint density at radius 3 is 2.40 bits per heavy atom. The Bertz CT molecular complexity index is 1520. The summed E-state index contributed by atoms with van der Waals surface area (Å²) in [7, 11) is 0. The van der Waals surface area contributed by atoms with Gasteiger partial charge in [0.05, 0.1) is 22.2 Å². The van der Waals surface area contributed by atoms with Crippen LogP contribution in [0.4, 0.5) is 8.78 Å². The van der Waals surface area contributed by atoms with Crippen molar-refractivity contribution in [3.63, 3.8) is 0 Å². The first-order chi connectivity index (χ1) is 17.0. The summed E-state index contributed by atoms with van der Waals surface area (Å²) in [6.07, 6.45) is 1.58. The molecule has 5 rings (SSSR count). The van der Waals surface area contributed by atoms with Crippen molar-refractivity contribution in [2.45, 2.75) is 13.2 Å². The third kappa shape index (κ3) is 4.59. The second-order valence-corrected chi connectivity index (χ2v) is 7.91.